The molecule has 0 fully saturated rings. The number of aliphatic carboxylic acids is 1. The zero-order valence-electron chi connectivity index (χ0n) is 10.7. The summed E-state index contributed by atoms with van der Waals surface area (Å²) >= 11 is 0. The molecule has 2 aromatic rings. The van der Waals surface area contributed by atoms with Gasteiger partial charge in [0.15, 0.2) is 0 Å². The zero-order valence-corrected chi connectivity index (χ0v) is 10.7. The molecular formula is C16H16O3. The van der Waals surface area contributed by atoms with Gasteiger partial charge in [-0.05, 0) is 41.0 Å². The van der Waals surface area contributed by atoms with E-state index in [2.05, 4.69) is 0 Å². The number of aliphatic hydroxyl groups is 1. The maximum Gasteiger partial charge on any atom is 0.307 e. The van der Waals surface area contributed by atoms with Crippen LogP contribution in [0, 0.1) is 0 Å². The minimum atomic E-state index is -0.839. The predicted octanol–water partition coefficient (Wildman–Crippen LogP) is 3.38. The van der Waals surface area contributed by atoms with E-state index < -0.39 is 12.1 Å². The van der Waals surface area contributed by atoms with Crippen molar-refractivity contribution in [3.05, 3.63) is 53.6 Å². The molecule has 3 nitrogen and oxygen atoms in total. The van der Waals surface area contributed by atoms with E-state index in [4.69, 9.17) is 5.11 Å². The van der Waals surface area contributed by atoms with Crippen molar-refractivity contribution in [2.45, 2.75) is 19.4 Å². The van der Waals surface area contributed by atoms with Crippen LogP contribution in [-0.2, 0) is 4.79 Å². The molecule has 0 aromatic heterocycles. The molecule has 0 aliphatic heterocycles. The third-order valence-electron chi connectivity index (χ3n) is 2.97. The van der Waals surface area contributed by atoms with Crippen molar-refractivity contribution >= 4 is 22.8 Å². The number of carboxylic acids is 1. The molecular weight excluding hydrogens is 240 g/mol. The molecule has 1 atom stereocenters. The SMILES string of the molecule is CC(O)c1ccc2ccc(C=CCC(=O)O)cc2c1. The highest BCUT2D eigenvalue weighted by Crippen LogP contribution is 2.22. The topological polar surface area (TPSA) is 57.5 Å². The molecule has 2 aromatic carbocycles. The fourth-order valence-corrected chi connectivity index (χ4v) is 1.94. The molecule has 0 bridgehead atoms. The van der Waals surface area contributed by atoms with Gasteiger partial charge in [-0.2, -0.15) is 0 Å². The van der Waals surface area contributed by atoms with Gasteiger partial charge in [0.25, 0.3) is 0 Å². The van der Waals surface area contributed by atoms with Crippen LogP contribution in [0.1, 0.15) is 30.6 Å². The molecule has 3 heteroatoms. The number of benzene rings is 2. The van der Waals surface area contributed by atoms with Gasteiger partial charge in [-0.25, -0.2) is 0 Å². The van der Waals surface area contributed by atoms with Crippen molar-refractivity contribution in [3.63, 3.8) is 0 Å². The van der Waals surface area contributed by atoms with Crippen LogP contribution in [0.5, 0.6) is 0 Å². The first-order valence-corrected chi connectivity index (χ1v) is 6.16. The van der Waals surface area contributed by atoms with Gasteiger partial charge in [0.2, 0.25) is 0 Å². The van der Waals surface area contributed by atoms with Crippen molar-refractivity contribution in [2.75, 3.05) is 0 Å². The second kappa shape index (κ2) is 5.67. The van der Waals surface area contributed by atoms with E-state index in [9.17, 15) is 9.90 Å². The van der Waals surface area contributed by atoms with Crippen molar-refractivity contribution in [3.8, 4) is 0 Å². The molecule has 0 saturated heterocycles. The normalized spacial score (nSPS) is 12.9. The number of hydrogen-bond acceptors (Lipinski definition) is 2. The van der Waals surface area contributed by atoms with Gasteiger partial charge in [-0.15, -0.1) is 0 Å². The summed E-state index contributed by atoms with van der Waals surface area (Å²) in [5, 5.41) is 20.3. The smallest absolute Gasteiger partial charge is 0.307 e. The summed E-state index contributed by atoms with van der Waals surface area (Å²) in [6, 6.07) is 11.8. The molecule has 0 amide bonds. The average Bonchev–Trinajstić information content (AvgIpc) is 2.37. The highest BCUT2D eigenvalue weighted by atomic mass is 16.4. The summed E-state index contributed by atoms with van der Waals surface area (Å²) in [6.07, 6.45) is 2.95. The van der Waals surface area contributed by atoms with Gasteiger partial charge in [0, 0.05) is 0 Å². The fourth-order valence-electron chi connectivity index (χ4n) is 1.94. The lowest BCUT2D eigenvalue weighted by Crippen LogP contribution is -1.90. The van der Waals surface area contributed by atoms with E-state index in [1.807, 2.05) is 36.4 Å². The van der Waals surface area contributed by atoms with Crippen LogP contribution in [0.4, 0.5) is 0 Å². The Balaban J connectivity index is 2.32. The summed E-state index contributed by atoms with van der Waals surface area (Å²) < 4.78 is 0. The number of rotatable bonds is 4. The lowest BCUT2D eigenvalue weighted by atomic mass is 10.0. The lowest BCUT2D eigenvalue weighted by Gasteiger charge is -2.06. The Morgan fingerprint density at radius 1 is 1.21 bits per heavy atom. The number of fused-ring (bicyclic) bond motifs is 1. The molecule has 0 aliphatic rings. The Morgan fingerprint density at radius 3 is 2.63 bits per heavy atom. The second-order valence-electron chi connectivity index (χ2n) is 4.54. The maximum absolute atomic E-state index is 10.4. The third kappa shape index (κ3) is 3.42. The minimum Gasteiger partial charge on any atom is -0.481 e. The highest BCUT2D eigenvalue weighted by molar-refractivity contribution is 5.85. The average molecular weight is 256 g/mol. The maximum atomic E-state index is 10.4. The van der Waals surface area contributed by atoms with Gasteiger partial charge < -0.3 is 10.2 Å². The minimum absolute atomic E-state index is 0.0196. The molecule has 0 radical (unpaired) electrons. The van der Waals surface area contributed by atoms with Crippen LogP contribution in [-0.4, -0.2) is 16.2 Å². The quantitative estimate of drug-likeness (QED) is 0.881. The van der Waals surface area contributed by atoms with Gasteiger partial charge >= 0.3 is 5.97 Å². The molecule has 98 valence electrons. The Kier molecular flexibility index (Phi) is 3.97. The van der Waals surface area contributed by atoms with Gasteiger partial charge in [-0.1, -0.05) is 36.4 Å². The first-order chi connectivity index (χ1) is 9.06. The van der Waals surface area contributed by atoms with Crippen LogP contribution in [0.15, 0.2) is 42.5 Å². The number of carboxylic acid groups (broad SMARTS) is 1. The molecule has 0 heterocycles. The lowest BCUT2D eigenvalue weighted by molar-refractivity contribution is -0.135. The Labute approximate surface area is 111 Å². The number of aliphatic hydroxyl groups excluding tert-OH is 1. The number of carbonyl (C=O) groups is 1. The van der Waals surface area contributed by atoms with Crippen molar-refractivity contribution in [2.24, 2.45) is 0 Å². The number of hydrogen-bond donors (Lipinski definition) is 2. The summed E-state index contributed by atoms with van der Waals surface area (Å²) in [5.41, 5.74) is 1.83. The highest BCUT2D eigenvalue weighted by Gasteiger charge is 2.02. The van der Waals surface area contributed by atoms with Crippen LogP contribution in [0.2, 0.25) is 0 Å². The summed E-state index contributed by atoms with van der Waals surface area (Å²) in [7, 11) is 0. The fraction of sp³-hybridized carbons (Fsp3) is 0.188. The predicted molar refractivity (Wildman–Crippen MR) is 75.9 cm³/mol. The van der Waals surface area contributed by atoms with Crippen molar-refractivity contribution < 1.29 is 15.0 Å². The van der Waals surface area contributed by atoms with Crippen LogP contribution in [0.25, 0.3) is 16.8 Å². The van der Waals surface area contributed by atoms with Crippen molar-refractivity contribution in [1.82, 2.24) is 0 Å². The van der Waals surface area contributed by atoms with E-state index in [1.54, 1.807) is 19.1 Å². The second-order valence-corrected chi connectivity index (χ2v) is 4.54. The van der Waals surface area contributed by atoms with Gasteiger partial charge in [-0.3, -0.25) is 4.79 Å². The van der Waals surface area contributed by atoms with E-state index in [1.165, 1.54) is 0 Å². The van der Waals surface area contributed by atoms with E-state index in [0.717, 1.165) is 21.9 Å². The van der Waals surface area contributed by atoms with Crippen LogP contribution in [0.3, 0.4) is 0 Å². The summed E-state index contributed by atoms with van der Waals surface area (Å²) in [4.78, 5) is 10.4. The van der Waals surface area contributed by atoms with Crippen LogP contribution < -0.4 is 0 Å². The monoisotopic (exact) mass is 256 g/mol. The molecule has 0 aliphatic carbocycles. The van der Waals surface area contributed by atoms with E-state index >= 15 is 0 Å². The Morgan fingerprint density at radius 2 is 1.95 bits per heavy atom. The summed E-state index contributed by atoms with van der Waals surface area (Å²) in [6.45, 7) is 1.73. The first-order valence-electron chi connectivity index (χ1n) is 6.16. The Bertz CT molecular complexity index is 627. The Hall–Kier alpha value is -2.13. The molecule has 19 heavy (non-hydrogen) atoms. The summed E-state index contributed by atoms with van der Waals surface area (Å²) in [5.74, 6) is -0.839. The molecule has 1 unspecified atom stereocenters. The van der Waals surface area contributed by atoms with Gasteiger partial charge in [0.1, 0.15) is 0 Å². The van der Waals surface area contributed by atoms with Crippen molar-refractivity contribution in [1.29, 1.82) is 0 Å². The van der Waals surface area contributed by atoms with Crippen LogP contribution >= 0.6 is 0 Å². The van der Waals surface area contributed by atoms with E-state index in [0.29, 0.717) is 0 Å². The first kappa shape index (κ1) is 13.3. The molecule has 2 N–H and O–H groups in total. The molecule has 0 spiro atoms. The van der Waals surface area contributed by atoms with Gasteiger partial charge in [0.05, 0.1) is 12.5 Å². The molecule has 0 saturated carbocycles. The van der Waals surface area contributed by atoms with E-state index in [-0.39, 0.29) is 6.42 Å². The zero-order chi connectivity index (χ0) is 13.8. The largest absolute Gasteiger partial charge is 0.481 e. The molecule has 2 rings (SSSR count). The third-order valence-corrected chi connectivity index (χ3v) is 2.97. The standard InChI is InChI=1S/C16H16O3/c1-11(17)14-8-7-13-6-5-12(9-15(13)10-14)3-2-4-16(18)19/h2-3,5-11,17H,4H2,1H3,(H,18,19).